The van der Waals surface area contributed by atoms with Crippen molar-refractivity contribution >= 4 is 44.7 Å². The molecule has 25 heavy (non-hydrogen) atoms. The number of anilines is 1. The molecule has 0 atom stereocenters. The van der Waals surface area contributed by atoms with Gasteiger partial charge in [-0.2, -0.15) is 5.26 Å². The SMILES string of the molecule is N#Cc1c(NC(=O)Cn2ccc3cc(Cl)ccc32)sc2c1CCCC2. The maximum atomic E-state index is 12.5. The smallest absolute Gasteiger partial charge is 0.244 e. The predicted molar refractivity (Wildman–Crippen MR) is 101 cm³/mol. The Bertz CT molecular complexity index is 1010. The number of aryl methyl sites for hydroxylation is 1. The fraction of sp³-hybridized carbons (Fsp3) is 0.263. The lowest BCUT2D eigenvalue weighted by Crippen LogP contribution is -2.18. The molecule has 0 radical (unpaired) electrons. The van der Waals surface area contributed by atoms with E-state index in [0.29, 0.717) is 15.6 Å². The zero-order valence-electron chi connectivity index (χ0n) is 13.5. The first-order chi connectivity index (χ1) is 12.2. The minimum absolute atomic E-state index is 0.123. The molecule has 2 aromatic heterocycles. The number of nitriles is 1. The molecule has 0 saturated heterocycles. The summed E-state index contributed by atoms with van der Waals surface area (Å²) in [6, 6.07) is 9.83. The van der Waals surface area contributed by atoms with Crippen LogP contribution in [-0.4, -0.2) is 10.5 Å². The van der Waals surface area contributed by atoms with Crippen LogP contribution in [0.2, 0.25) is 5.02 Å². The number of thiophene rings is 1. The molecule has 0 spiro atoms. The lowest BCUT2D eigenvalue weighted by Gasteiger charge is -2.09. The van der Waals surface area contributed by atoms with Gasteiger partial charge in [-0.25, -0.2) is 0 Å². The van der Waals surface area contributed by atoms with Crippen molar-refractivity contribution in [1.82, 2.24) is 4.57 Å². The number of nitrogens with one attached hydrogen (secondary N) is 1. The maximum Gasteiger partial charge on any atom is 0.244 e. The average molecular weight is 370 g/mol. The minimum atomic E-state index is -0.123. The highest BCUT2D eigenvalue weighted by Gasteiger charge is 2.21. The third kappa shape index (κ3) is 3.04. The Labute approximate surface area is 154 Å². The second-order valence-corrected chi connectivity index (χ2v) is 7.76. The molecule has 1 aliphatic rings. The van der Waals surface area contributed by atoms with Gasteiger partial charge in [-0.05, 0) is 55.5 Å². The molecule has 4 rings (SSSR count). The van der Waals surface area contributed by atoms with Crippen LogP contribution in [0.25, 0.3) is 10.9 Å². The van der Waals surface area contributed by atoms with Crippen LogP contribution >= 0.6 is 22.9 Å². The molecule has 1 N–H and O–H groups in total. The molecule has 126 valence electrons. The summed E-state index contributed by atoms with van der Waals surface area (Å²) in [5.74, 6) is -0.123. The van der Waals surface area contributed by atoms with Gasteiger partial charge in [0.15, 0.2) is 0 Å². The third-order valence-corrected chi connectivity index (χ3v) is 6.03. The normalized spacial score (nSPS) is 13.4. The van der Waals surface area contributed by atoms with Gasteiger partial charge in [0.05, 0.1) is 5.56 Å². The zero-order valence-corrected chi connectivity index (χ0v) is 15.1. The molecule has 0 aliphatic heterocycles. The van der Waals surface area contributed by atoms with E-state index < -0.39 is 0 Å². The van der Waals surface area contributed by atoms with Crippen LogP contribution in [0.5, 0.6) is 0 Å². The third-order valence-electron chi connectivity index (χ3n) is 4.58. The highest BCUT2D eigenvalue weighted by Crippen LogP contribution is 2.37. The minimum Gasteiger partial charge on any atom is -0.338 e. The van der Waals surface area contributed by atoms with Crippen molar-refractivity contribution in [2.45, 2.75) is 32.2 Å². The van der Waals surface area contributed by atoms with E-state index in [0.717, 1.165) is 42.1 Å². The van der Waals surface area contributed by atoms with Crippen LogP contribution in [0.1, 0.15) is 28.8 Å². The van der Waals surface area contributed by atoms with E-state index in [1.807, 2.05) is 35.0 Å². The standard InChI is InChI=1S/C19H16ClN3OS/c20-13-5-6-16-12(9-13)7-8-23(16)11-18(24)22-19-15(10-21)14-3-1-2-4-17(14)25-19/h5-9H,1-4,11H2,(H,22,24). The summed E-state index contributed by atoms with van der Waals surface area (Å²) in [6.07, 6.45) is 6.10. The van der Waals surface area contributed by atoms with Gasteiger partial charge in [-0.1, -0.05) is 11.6 Å². The van der Waals surface area contributed by atoms with Crippen molar-refractivity contribution < 1.29 is 4.79 Å². The molecule has 0 bridgehead atoms. The number of aromatic nitrogens is 1. The second kappa shape index (κ2) is 6.55. The van der Waals surface area contributed by atoms with Crippen molar-refractivity contribution in [3.63, 3.8) is 0 Å². The Morgan fingerprint density at radius 3 is 3.00 bits per heavy atom. The number of amides is 1. The molecule has 2 heterocycles. The van der Waals surface area contributed by atoms with E-state index in [-0.39, 0.29) is 12.5 Å². The van der Waals surface area contributed by atoms with E-state index in [1.54, 1.807) is 11.3 Å². The van der Waals surface area contributed by atoms with Crippen molar-refractivity contribution in [3.05, 3.63) is 51.5 Å². The van der Waals surface area contributed by atoms with Gasteiger partial charge >= 0.3 is 0 Å². The summed E-state index contributed by atoms with van der Waals surface area (Å²) >= 11 is 7.56. The van der Waals surface area contributed by atoms with Crippen LogP contribution < -0.4 is 5.32 Å². The number of benzene rings is 1. The van der Waals surface area contributed by atoms with E-state index in [4.69, 9.17) is 11.6 Å². The van der Waals surface area contributed by atoms with Crippen molar-refractivity contribution in [2.24, 2.45) is 0 Å². The summed E-state index contributed by atoms with van der Waals surface area (Å²) in [5, 5.41) is 14.8. The number of rotatable bonds is 3. The first-order valence-electron chi connectivity index (χ1n) is 8.24. The molecule has 1 aliphatic carbocycles. The highest BCUT2D eigenvalue weighted by molar-refractivity contribution is 7.16. The topological polar surface area (TPSA) is 57.8 Å². The summed E-state index contributed by atoms with van der Waals surface area (Å²) < 4.78 is 1.89. The van der Waals surface area contributed by atoms with Gasteiger partial charge < -0.3 is 9.88 Å². The van der Waals surface area contributed by atoms with Crippen molar-refractivity contribution in [3.8, 4) is 6.07 Å². The van der Waals surface area contributed by atoms with Crippen LogP contribution in [0.15, 0.2) is 30.5 Å². The van der Waals surface area contributed by atoms with Crippen molar-refractivity contribution in [2.75, 3.05) is 5.32 Å². The van der Waals surface area contributed by atoms with Crippen molar-refractivity contribution in [1.29, 1.82) is 5.26 Å². The zero-order chi connectivity index (χ0) is 17.4. The number of halogens is 1. The Morgan fingerprint density at radius 2 is 2.16 bits per heavy atom. The van der Waals surface area contributed by atoms with E-state index in [1.165, 1.54) is 4.88 Å². The predicted octanol–water partition coefficient (Wildman–Crippen LogP) is 4.75. The second-order valence-electron chi connectivity index (χ2n) is 6.22. The summed E-state index contributed by atoms with van der Waals surface area (Å²) in [7, 11) is 0. The number of carbonyl (C=O) groups is 1. The number of hydrogen-bond donors (Lipinski definition) is 1. The Hall–Kier alpha value is -2.29. The van der Waals surface area contributed by atoms with Crippen LogP contribution in [0.3, 0.4) is 0 Å². The van der Waals surface area contributed by atoms with Crippen LogP contribution in [-0.2, 0) is 24.2 Å². The molecule has 0 fully saturated rings. The number of fused-ring (bicyclic) bond motifs is 2. The molecule has 4 nitrogen and oxygen atoms in total. The first-order valence-corrected chi connectivity index (χ1v) is 9.44. The quantitative estimate of drug-likeness (QED) is 0.724. The Balaban J connectivity index is 1.56. The lowest BCUT2D eigenvalue weighted by atomic mass is 9.96. The van der Waals surface area contributed by atoms with Crippen LogP contribution in [0.4, 0.5) is 5.00 Å². The highest BCUT2D eigenvalue weighted by atomic mass is 35.5. The van der Waals surface area contributed by atoms with Gasteiger partial charge in [0.2, 0.25) is 5.91 Å². The van der Waals surface area contributed by atoms with Gasteiger partial charge in [-0.3, -0.25) is 4.79 Å². The monoisotopic (exact) mass is 369 g/mol. The summed E-state index contributed by atoms with van der Waals surface area (Å²) in [6.45, 7) is 0.207. The fourth-order valence-electron chi connectivity index (χ4n) is 3.40. The van der Waals surface area contributed by atoms with Gasteiger partial charge in [0.1, 0.15) is 17.6 Å². The molecule has 6 heteroatoms. The van der Waals surface area contributed by atoms with Gasteiger partial charge in [0, 0.05) is 27.0 Å². The molecular formula is C19H16ClN3OS. The molecule has 1 aromatic carbocycles. The molecule has 1 amide bonds. The van der Waals surface area contributed by atoms with E-state index >= 15 is 0 Å². The fourth-order valence-corrected chi connectivity index (χ4v) is 4.84. The van der Waals surface area contributed by atoms with Crippen LogP contribution in [0, 0.1) is 11.3 Å². The number of carbonyl (C=O) groups excluding carboxylic acids is 1. The summed E-state index contributed by atoms with van der Waals surface area (Å²) in [5.41, 5.74) is 2.75. The molecule has 3 aromatic rings. The molecular weight excluding hydrogens is 354 g/mol. The van der Waals surface area contributed by atoms with E-state index in [2.05, 4.69) is 11.4 Å². The Morgan fingerprint density at radius 1 is 1.32 bits per heavy atom. The molecule has 0 unspecified atom stereocenters. The van der Waals surface area contributed by atoms with E-state index in [9.17, 15) is 10.1 Å². The van der Waals surface area contributed by atoms with Gasteiger partial charge in [-0.15, -0.1) is 11.3 Å². The largest absolute Gasteiger partial charge is 0.338 e. The first kappa shape index (κ1) is 16.2. The number of hydrogen-bond acceptors (Lipinski definition) is 3. The lowest BCUT2D eigenvalue weighted by molar-refractivity contribution is -0.116. The number of nitrogens with zero attached hydrogens (tertiary/aromatic N) is 2. The maximum absolute atomic E-state index is 12.5. The molecule has 0 saturated carbocycles. The van der Waals surface area contributed by atoms with Gasteiger partial charge in [0.25, 0.3) is 0 Å². The average Bonchev–Trinajstić information content (AvgIpc) is 3.15. The Kier molecular flexibility index (Phi) is 4.24. The summed E-state index contributed by atoms with van der Waals surface area (Å²) in [4.78, 5) is 13.8.